The van der Waals surface area contributed by atoms with Gasteiger partial charge in [-0.15, -0.1) is 11.3 Å². The van der Waals surface area contributed by atoms with Crippen molar-refractivity contribution in [3.63, 3.8) is 0 Å². The molecule has 1 N–H and O–H groups in total. The van der Waals surface area contributed by atoms with Gasteiger partial charge in [0, 0.05) is 23.5 Å². The average Bonchev–Trinajstić information content (AvgIpc) is 2.67. The van der Waals surface area contributed by atoms with E-state index in [9.17, 15) is 4.79 Å². The van der Waals surface area contributed by atoms with E-state index in [1.165, 1.54) is 11.3 Å². The summed E-state index contributed by atoms with van der Waals surface area (Å²) in [6.07, 6.45) is 6.31. The van der Waals surface area contributed by atoms with E-state index in [0.29, 0.717) is 15.6 Å². The lowest BCUT2D eigenvalue weighted by Gasteiger charge is -1.91. The molecule has 76 valence electrons. The van der Waals surface area contributed by atoms with Gasteiger partial charge < -0.3 is 5.11 Å². The first kappa shape index (κ1) is 9.72. The van der Waals surface area contributed by atoms with Crippen LogP contribution in [0, 0.1) is 0 Å². The lowest BCUT2D eigenvalue weighted by molar-refractivity contribution is -0.136. The van der Waals surface area contributed by atoms with E-state index in [4.69, 9.17) is 5.11 Å². The first-order chi connectivity index (χ1) is 7.25. The van der Waals surface area contributed by atoms with Crippen LogP contribution in [0.5, 0.6) is 0 Å². The van der Waals surface area contributed by atoms with Crippen molar-refractivity contribution in [2.24, 2.45) is 0 Å². The molecule has 5 nitrogen and oxygen atoms in total. The highest BCUT2D eigenvalue weighted by Crippen LogP contribution is 2.22. The molecule has 0 unspecified atom stereocenters. The van der Waals surface area contributed by atoms with Crippen LogP contribution in [0.3, 0.4) is 0 Å². The Morgan fingerprint density at radius 2 is 2.20 bits per heavy atom. The summed E-state index contributed by atoms with van der Waals surface area (Å²) >= 11 is 1.32. The predicted octanol–water partition coefficient (Wildman–Crippen LogP) is 1.23. The van der Waals surface area contributed by atoms with Gasteiger partial charge in [-0.2, -0.15) is 0 Å². The number of hydrogen-bond acceptors (Lipinski definition) is 5. The Kier molecular flexibility index (Phi) is 2.68. The highest BCUT2D eigenvalue weighted by molar-refractivity contribution is 7.15. The topological polar surface area (TPSA) is 76.0 Å². The van der Waals surface area contributed by atoms with Gasteiger partial charge in [-0.05, 0) is 0 Å². The van der Waals surface area contributed by atoms with Crippen molar-refractivity contribution in [1.29, 1.82) is 0 Å². The van der Waals surface area contributed by atoms with E-state index in [1.807, 2.05) is 0 Å². The van der Waals surface area contributed by atoms with Gasteiger partial charge in [0.15, 0.2) is 0 Å². The lowest BCUT2D eigenvalue weighted by Crippen LogP contribution is -1.97. The number of carboxylic acid groups (broad SMARTS) is 1. The fraction of sp³-hybridized carbons (Fsp3) is 0.111. The zero-order valence-electron chi connectivity index (χ0n) is 7.62. The molecule has 0 atom stereocenters. The Bertz CT molecular complexity index is 469. The van der Waals surface area contributed by atoms with Crippen molar-refractivity contribution in [1.82, 2.24) is 15.0 Å². The fourth-order valence-corrected chi connectivity index (χ4v) is 1.93. The van der Waals surface area contributed by atoms with E-state index in [-0.39, 0.29) is 6.42 Å². The molecule has 0 saturated heterocycles. The summed E-state index contributed by atoms with van der Waals surface area (Å²) in [7, 11) is 0. The van der Waals surface area contributed by atoms with Crippen molar-refractivity contribution in [3.05, 3.63) is 29.7 Å². The van der Waals surface area contributed by atoms with Crippen LogP contribution in [0.2, 0.25) is 0 Å². The Hall–Kier alpha value is -1.82. The molecule has 0 saturated carbocycles. The van der Waals surface area contributed by atoms with Crippen LogP contribution in [0.4, 0.5) is 0 Å². The summed E-state index contributed by atoms with van der Waals surface area (Å²) in [4.78, 5) is 23.3. The molecule has 2 rings (SSSR count). The third-order valence-corrected chi connectivity index (χ3v) is 2.68. The molecule has 6 heteroatoms. The molecule has 0 radical (unpaired) electrons. The number of carboxylic acids is 1. The van der Waals surface area contributed by atoms with Crippen molar-refractivity contribution >= 4 is 17.3 Å². The summed E-state index contributed by atoms with van der Waals surface area (Å²) in [5, 5.41) is 9.29. The van der Waals surface area contributed by atoms with Crippen LogP contribution in [-0.2, 0) is 11.2 Å². The van der Waals surface area contributed by atoms with Gasteiger partial charge >= 0.3 is 5.97 Å². The normalized spacial score (nSPS) is 10.1. The first-order valence-electron chi connectivity index (χ1n) is 4.18. The predicted molar refractivity (Wildman–Crippen MR) is 54.5 cm³/mol. The monoisotopic (exact) mass is 221 g/mol. The van der Waals surface area contributed by atoms with Gasteiger partial charge in [-0.3, -0.25) is 14.8 Å². The van der Waals surface area contributed by atoms with Crippen molar-refractivity contribution in [2.75, 3.05) is 0 Å². The molecule has 0 aliphatic rings. The minimum absolute atomic E-state index is 0.00205. The summed E-state index contributed by atoms with van der Waals surface area (Å²) in [6, 6.07) is 0. The highest BCUT2D eigenvalue weighted by Gasteiger charge is 2.08. The summed E-state index contributed by atoms with van der Waals surface area (Å²) in [6.45, 7) is 0. The van der Waals surface area contributed by atoms with Gasteiger partial charge in [0.25, 0.3) is 0 Å². The molecule has 0 aliphatic heterocycles. The quantitative estimate of drug-likeness (QED) is 0.843. The Balaban J connectivity index is 2.24. The second-order valence-electron chi connectivity index (χ2n) is 2.79. The van der Waals surface area contributed by atoms with Gasteiger partial charge in [0.05, 0.1) is 12.6 Å². The van der Waals surface area contributed by atoms with Crippen LogP contribution in [0.1, 0.15) is 4.88 Å². The summed E-state index contributed by atoms with van der Waals surface area (Å²) < 4.78 is 0. The van der Waals surface area contributed by atoms with Gasteiger partial charge in [-0.1, -0.05) is 0 Å². The first-order valence-corrected chi connectivity index (χ1v) is 5.00. The largest absolute Gasteiger partial charge is 0.481 e. The standard InChI is InChI=1S/C9H7N3O2S/c13-8(14)3-6-4-12-9(15-6)7-5-10-1-2-11-7/h1-2,4-5H,3H2,(H,13,14). The maximum Gasteiger partial charge on any atom is 0.308 e. The third kappa shape index (κ3) is 2.35. The molecule has 15 heavy (non-hydrogen) atoms. The maximum atomic E-state index is 10.5. The van der Waals surface area contributed by atoms with E-state index in [0.717, 1.165) is 0 Å². The van der Waals surface area contributed by atoms with E-state index < -0.39 is 5.97 Å². The smallest absolute Gasteiger partial charge is 0.308 e. The zero-order valence-corrected chi connectivity index (χ0v) is 8.44. The lowest BCUT2D eigenvalue weighted by atomic mass is 10.4. The molecule has 0 aromatic carbocycles. The van der Waals surface area contributed by atoms with Crippen LogP contribution < -0.4 is 0 Å². The molecule has 2 aromatic heterocycles. The Morgan fingerprint density at radius 1 is 1.33 bits per heavy atom. The SMILES string of the molecule is O=C(O)Cc1cnc(-c2cnccn2)s1. The number of thiazole rings is 1. The molecule has 0 amide bonds. The van der Waals surface area contributed by atoms with Crippen molar-refractivity contribution < 1.29 is 9.90 Å². The maximum absolute atomic E-state index is 10.5. The second-order valence-corrected chi connectivity index (χ2v) is 3.91. The fourth-order valence-electron chi connectivity index (χ4n) is 1.07. The van der Waals surface area contributed by atoms with Gasteiger partial charge in [-0.25, -0.2) is 4.98 Å². The van der Waals surface area contributed by atoms with Crippen LogP contribution in [0.25, 0.3) is 10.7 Å². The average molecular weight is 221 g/mol. The van der Waals surface area contributed by atoms with Gasteiger partial charge in [0.2, 0.25) is 0 Å². The van der Waals surface area contributed by atoms with Crippen LogP contribution >= 0.6 is 11.3 Å². The molecule has 0 bridgehead atoms. The number of rotatable bonds is 3. The van der Waals surface area contributed by atoms with Crippen LogP contribution in [0.15, 0.2) is 24.8 Å². The third-order valence-electron chi connectivity index (χ3n) is 1.66. The number of carbonyl (C=O) groups is 1. The number of nitrogens with zero attached hydrogens (tertiary/aromatic N) is 3. The number of aliphatic carboxylic acids is 1. The molecule has 0 fully saturated rings. The zero-order chi connectivity index (χ0) is 10.7. The molecular formula is C9H7N3O2S. The molecular weight excluding hydrogens is 214 g/mol. The van der Waals surface area contributed by atoms with E-state index in [2.05, 4.69) is 15.0 Å². The molecule has 2 heterocycles. The number of hydrogen-bond donors (Lipinski definition) is 1. The van der Waals surface area contributed by atoms with E-state index >= 15 is 0 Å². The molecule has 0 aliphatic carbocycles. The summed E-state index contributed by atoms with van der Waals surface area (Å²) in [5.74, 6) is -0.857. The molecule has 0 spiro atoms. The number of aromatic nitrogens is 3. The minimum atomic E-state index is -0.857. The second kappa shape index (κ2) is 4.14. The van der Waals surface area contributed by atoms with Crippen molar-refractivity contribution in [2.45, 2.75) is 6.42 Å². The van der Waals surface area contributed by atoms with E-state index in [1.54, 1.807) is 24.8 Å². The Labute approximate surface area is 89.5 Å². The van der Waals surface area contributed by atoms with Crippen LogP contribution in [-0.4, -0.2) is 26.0 Å². The minimum Gasteiger partial charge on any atom is -0.481 e. The Morgan fingerprint density at radius 3 is 2.87 bits per heavy atom. The molecule has 2 aromatic rings. The van der Waals surface area contributed by atoms with Gasteiger partial charge in [0.1, 0.15) is 10.7 Å². The van der Waals surface area contributed by atoms with Crippen molar-refractivity contribution in [3.8, 4) is 10.7 Å². The summed E-state index contributed by atoms with van der Waals surface area (Å²) in [5.41, 5.74) is 0.666. The highest BCUT2D eigenvalue weighted by atomic mass is 32.1.